The fourth-order valence-electron chi connectivity index (χ4n) is 8.89. The number of carbonyl (C=O) groups is 2. The number of Topliss-reactive ketones (excluding diaryl/α,β-unsaturated/α-hetero) is 1. The number of aliphatic hydroxyl groups is 2. The molecule has 0 aromatic heterocycles. The Kier molecular flexibility index (Phi) is 12.6. The normalized spacial score (nSPS) is 48.1. The molecule has 16 unspecified atom stereocenters. The van der Waals surface area contributed by atoms with Crippen molar-refractivity contribution in [3.8, 4) is 0 Å². The van der Waals surface area contributed by atoms with Crippen molar-refractivity contribution in [3.05, 3.63) is 11.3 Å². The third kappa shape index (κ3) is 7.83. The van der Waals surface area contributed by atoms with Crippen molar-refractivity contribution < 1.29 is 53.0 Å². The van der Waals surface area contributed by atoms with Crippen molar-refractivity contribution in [1.29, 1.82) is 0 Å². The average Bonchev–Trinajstić information content (AvgIpc) is 3.37. The number of fused-ring (bicyclic) bond motifs is 2. The minimum atomic E-state index is -1.98. The molecule has 0 aromatic rings. The molecular weight excluding hydrogens is 646 g/mol. The summed E-state index contributed by atoms with van der Waals surface area (Å²) in [5, 5.41) is 22.6. The fraction of sp³-hybridized carbons (Fsp3) is 0.895. The number of hydrogen-bond donors (Lipinski definition) is 2. The number of aliphatic hydroxyl groups excluding tert-OH is 1. The smallest absolute Gasteiger partial charge is 0.311 e. The summed E-state index contributed by atoms with van der Waals surface area (Å²) in [6.07, 6.45) is -4.00. The SMILES string of the molecule is CCC1OC(=O)C(C)C(OC2CC(C)(OC)C(O)C(C)O2)C(C)C(OC2OC(C)CC(N(C)C)C2C)C2(C)CC(C)=C(O2)C(C)C(=O)C1(C)O. The second-order valence-electron chi connectivity index (χ2n) is 16.5. The molecule has 4 rings (SSSR count). The van der Waals surface area contributed by atoms with E-state index >= 15 is 0 Å². The molecule has 3 fully saturated rings. The maximum absolute atomic E-state index is 14.1. The Morgan fingerprint density at radius 1 is 0.980 bits per heavy atom. The Bertz CT molecular complexity index is 1250. The average molecular weight is 712 g/mol. The summed E-state index contributed by atoms with van der Waals surface area (Å²) in [7, 11) is 5.66. The highest BCUT2D eigenvalue weighted by Gasteiger charge is 2.56. The molecule has 288 valence electrons. The van der Waals surface area contributed by atoms with Gasteiger partial charge in [0, 0.05) is 37.8 Å². The van der Waals surface area contributed by atoms with Crippen LogP contribution in [0.1, 0.15) is 102 Å². The first-order valence-corrected chi connectivity index (χ1v) is 18.5. The van der Waals surface area contributed by atoms with Gasteiger partial charge in [-0.15, -0.1) is 0 Å². The zero-order chi connectivity index (χ0) is 37.7. The molecule has 12 heteroatoms. The zero-order valence-corrected chi connectivity index (χ0v) is 32.8. The molecule has 16 atom stereocenters. The standard InChI is InChI=1S/C38H65NO11/c1-15-27-38(11,43)31(40)22(5)29-19(2)17-37(10,50-29)33(49-35-21(4)26(39(12)13)16-20(3)45-35)23(6)30(24(7)34(42)47-27)48-28-18-36(9,44-14)32(41)25(8)46-28/h20-28,30,32-33,35,41,43H,15-18H2,1-14H3. The monoisotopic (exact) mass is 711 g/mol. The van der Waals surface area contributed by atoms with Gasteiger partial charge in [0.15, 0.2) is 24.0 Å². The van der Waals surface area contributed by atoms with E-state index < -0.39 is 89.4 Å². The highest BCUT2D eigenvalue weighted by atomic mass is 16.7. The van der Waals surface area contributed by atoms with Crippen LogP contribution in [0.3, 0.4) is 0 Å². The number of ketones is 1. The molecule has 4 aliphatic heterocycles. The van der Waals surface area contributed by atoms with E-state index in [1.165, 1.54) is 6.92 Å². The molecule has 0 amide bonds. The van der Waals surface area contributed by atoms with E-state index in [0.717, 1.165) is 12.0 Å². The lowest BCUT2D eigenvalue weighted by molar-refractivity contribution is -0.311. The summed E-state index contributed by atoms with van der Waals surface area (Å²) >= 11 is 0. The molecular formula is C38H65NO11. The Hall–Kier alpha value is -1.64. The van der Waals surface area contributed by atoms with Gasteiger partial charge < -0.3 is 48.3 Å². The molecule has 0 radical (unpaired) electrons. The Morgan fingerprint density at radius 2 is 1.62 bits per heavy atom. The van der Waals surface area contributed by atoms with E-state index in [2.05, 4.69) is 25.9 Å². The Labute approximate surface area is 299 Å². The number of ether oxygens (including phenoxy) is 7. The lowest BCUT2D eigenvalue weighted by Crippen LogP contribution is -2.59. The predicted molar refractivity (Wildman–Crippen MR) is 186 cm³/mol. The van der Waals surface area contributed by atoms with Gasteiger partial charge in [-0.2, -0.15) is 0 Å². The van der Waals surface area contributed by atoms with Crippen LogP contribution >= 0.6 is 0 Å². The number of esters is 1. The van der Waals surface area contributed by atoms with Crippen molar-refractivity contribution in [2.45, 2.75) is 174 Å². The number of hydrogen-bond acceptors (Lipinski definition) is 12. The molecule has 4 heterocycles. The van der Waals surface area contributed by atoms with E-state index in [1.807, 2.05) is 34.6 Å². The predicted octanol–water partition coefficient (Wildman–Crippen LogP) is 4.38. The van der Waals surface area contributed by atoms with Crippen molar-refractivity contribution in [1.82, 2.24) is 4.90 Å². The van der Waals surface area contributed by atoms with Gasteiger partial charge in [0.1, 0.15) is 29.7 Å². The van der Waals surface area contributed by atoms with Gasteiger partial charge in [0.25, 0.3) is 0 Å². The molecule has 4 aliphatic rings. The molecule has 0 spiro atoms. The number of allylic oxidation sites excluding steroid dienone is 1. The van der Waals surface area contributed by atoms with Gasteiger partial charge in [-0.1, -0.05) is 20.8 Å². The number of rotatable bonds is 7. The molecule has 2 N–H and O–H groups in total. The van der Waals surface area contributed by atoms with Crippen molar-refractivity contribution in [3.63, 3.8) is 0 Å². The topological polar surface area (TPSA) is 142 Å². The number of carbonyl (C=O) groups excluding carboxylic acids is 2. The second kappa shape index (κ2) is 15.4. The summed E-state index contributed by atoms with van der Waals surface area (Å²) in [5.41, 5.74) is -3.07. The summed E-state index contributed by atoms with van der Waals surface area (Å²) in [5.74, 6) is -2.87. The van der Waals surface area contributed by atoms with Crippen molar-refractivity contribution in [2.24, 2.45) is 23.7 Å². The third-order valence-electron chi connectivity index (χ3n) is 12.1. The molecule has 0 saturated carbocycles. The largest absolute Gasteiger partial charge is 0.488 e. The summed E-state index contributed by atoms with van der Waals surface area (Å²) in [6, 6.07) is 0.198. The van der Waals surface area contributed by atoms with E-state index in [0.29, 0.717) is 12.2 Å². The first-order chi connectivity index (χ1) is 23.1. The van der Waals surface area contributed by atoms with Crippen LogP contribution in [-0.4, -0.2) is 120 Å². The summed E-state index contributed by atoms with van der Waals surface area (Å²) in [6.45, 7) is 20.2. The quantitative estimate of drug-likeness (QED) is 0.362. The van der Waals surface area contributed by atoms with Crippen LogP contribution < -0.4 is 0 Å². The van der Waals surface area contributed by atoms with Gasteiger partial charge in [0.2, 0.25) is 0 Å². The lowest BCUT2D eigenvalue weighted by Gasteiger charge is -2.49. The van der Waals surface area contributed by atoms with Gasteiger partial charge in [-0.3, -0.25) is 9.59 Å². The van der Waals surface area contributed by atoms with Crippen molar-refractivity contribution in [2.75, 3.05) is 21.2 Å². The first-order valence-electron chi connectivity index (χ1n) is 18.5. The van der Waals surface area contributed by atoms with Crippen LogP contribution in [0.2, 0.25) is 0 Å². The minimum absolute atomic E-state index is 0.00870. The molecule has 3 saturated heterocycles. The molecule has 2 bridgehead atoms. The van der Waals surface area contributed by atoms with Crippen LogP contribution in [0.4, 0.5) is 0 Å². The second-order valence-corrected chi connectivity index (χ2v) is 16.5. The molecule has 0 aromatic carbocycles. The first kappa shape index (κ1) is 41.1. The van der Waals surface area contributed by atoms with Crippen LogP contribution in [0.5, 0.6) is 0 Å². The Morgan fingerprint density at radius 3 is 2.20 bits per heavy atom. The maximum Gasteiger partial charge on any atom is 0.311 e. The van der Waals surface area contributed by atoms with Gasteiger partial charge in [-0.25, -0.2) is 0 Å². The zero-order valence-electron chi connectivity index (χ0n) is 32.8. The minimum Gasteiger partial charge on any atom is -0.488 e. The lowest BCUT2D eigenvalue weighted by atomic mass is 9.78. The number of cyclic esters (lactones) is 1. The van der Waals surface area contributed by atoms with E-state index in [1.54, 1.807) is 34.8 Å². The van der Waals surface area contributed by atoms with Crippen LogP contribution in [0.25, 0.3) is 0 Å². The summed E-state index contributed by atoms with van der Waals surface area (Å²) in [4.78, 5) is 30.3. The molecule has 12 nitrogen and oxygen atoms in total. The maximum atomic E-state index is 14.1. The molecule has 0 aliphatic carbocycles. The summed E-state index contributed by atoms with van der Waals surface area (Å²) < 4.78 is 45.2. The van der Waals surface area contributed by atoms with Crippen molar-refractivity contribution >= 4 is 11.8 Å². The fourth-order valence-corrected chi connectivity index (χ4v) is 8.89. The van der Waals surface area contributed by atoms with Crippen LogP contribution in [0.15, 0.2) is 11.3 Å². The van der Waals surface area contributed by atoms with E-state index in [9.17, 15) is 19.8 Å². The number of methoxy groups -OCH3 is 1. The van der Waals surface area contributed by atoms with E-state index in [-0.39, 0.29) is 30.9 Å². The van der Waals surface area contributed by atoms with Crippen LogP contribution in [-0.2, 0) is 42.7 Å². The van der Waals surface area contributed by atoms with E-state index in [4.69, 9.17) is 33.2 Å². The van der Waals surface area contributed by atoms with Gasteiger partial charge in [0.05, 0.1) is 35.7 Å². The third-order valence-corrected chi connectivity index (χ3v) is 12.1. The highest BCUT2D eigenvalue weighted by Crippen LogP contribution is 2.47. The Balaban J connectivity index is 1.84. The van der Waals surface area contributed by atoms with Gasteiger partial charge in [-0.05, 0) is 87.9 Å². The van der Waals surface area contributed by atoms with Gasteiger partial charge >= 0.3 is 5.97 Å². The highest BCUT2D eigenvalue weighted by molar-refractivity contribution is 5.91. The molecule has 50 heavy (non-hydrogen) atoms. The number of nitrogens with zero attached hydrogens (tertiary/aromatic N) is 1. The van der Waals surface area contributed by atoms with Crippen LogP contribution in [0, 0.1) is 23.7 Å².